The number of nitrogens with zero attached hydrogens (tertiary/aromatic N) is 7. The number of carbonyl (C=O) groups is 2. The van der Waals surface area contributed by atoms with Crippen molar-refractivity contribution in [2.45, 2.75) is 69.5 Å². The number of aryl methyl sites for hydroxylation is 1. The number of likely N-dealkylation sites (tertiary alicyclic amines) is 2. The fraction of sp³-hybridized carbons (Fsp3) is 0.500. The number of oxime groups is 1. The SMILES string of the molecule is CCn1ncc2c(NC3CCOCC3)c(C3=NOC(C(N)=O)(C(=O)N(C4C5CN(Cc6ccccc6)CC54)C4C5CN(Cc6ccccc6)CC54)C3)cnc21. The van der Waals surface area contributed by atoms with Crippen LogP contribution in [0.4, 0.5) is 5.69 Å². The molecular formula is C42H49N9O4. The summed E-state index contributed by atoms with van der Waals surface area (Å²) in [5.74, 6) is 0.238. The molecule has 6 aliphatic rings. The van der Waals surface area contributed by atoms with Crippen molar-refractivity contribution in [2.75, 3.05) is 44.7 Å². The van der Waals surface area contributed by atoms with Crippen LogP contribution in [0.2, 0.25) is 0 Å². The Kier molecular flexibility index (Phi) is 8.63. The second-order valence-electron chi connectivity index (χ2n) is 16.5. The Labute approximate surface area is 320 Å². The van der Waals surface area contributed by atoms with Crippen molar-refractivity contribution in [3.63, 3.8) is 0 Å². The average molecular weight is 744 g/mol. The van der Waals surface area contributed by atoms with E-state index < -0.39 is 11.5 Å². The minimum absolute atomic E-state index is 0.0465. The van der Waals surface area contributed by atoms with Gasteiger partial charge in [0.2, 0.25) is 0 Å². The summed E-state index contributed by atoms with van der Waals surface area (Å²) in [6.07, 6.45) is 5.23. The molecule has 2 aromatic heterocycles. The van der Waals surface area contributed by atoms with Gasteiger partial charge in [-0.25, -0.2) is 9.67 Å². The van der Waals surface area contributed by atoms with E-state index in [4.69, 9.17) is 20.3 Å². The van der Waals surface area contributed by atoms with Gasteiger partial charge in [0.05, 0.1) is 29.4 Å². The van der Waals surface area contributed by atoms with E-state index in [9.17, 15) is 4.79 Å². The summed E-state index contributed by atoms with van der Waals surface area (Å²) in [6, 6.07) is 21.4. The van der Waals surface area contributed by atoms with Gasteiger partial charge in [-0.2, -0.15) is 5.10 Å². The molecule has 5 atom stereocenters. The highest BCUT2D eigenvalue weighted by atomic mass is 16.7. The average Bonchev–Trinajstić information content (AvgIpc) is 3.65. The number of pyridine rings is 1. The smallest absolute Gasteiger partial charge is 0.297 e. The van der Waals surface area contributed by atoms with Gasteiger partial charge in [0.1, 0.15) is 0 Å². The first kappa shape index (κ1) is 34.6. The molecule has 5 unspecified atom stereocenters. The van der Waals surface area contributed by atoms with Gasteiger partial charge in [0.15, 0.2) is 5.65 Å². The summed E-state index contributed by atoms with van der Waals surface area (Å²) in [7, 11) is 0. The molecule has 4 aliphatic heterocycles. The normalized spacial score (nSPS) is 30.1. The first-order valence-electron chi connectivity index (χ1n) is 20.0. The van der Waals surface area contributed by atoms with Crippen LogP contribution in [0.1, 0.15) is 42.9 Å². The highest BCUT2D eigenvalue weighted by Crippen LogP contribution is 2.58. The summed E-state index contributed by atoms with van der Waals surface area (Å²) in [5, 5.41) is 13.7. The maximum atomic E-state index is 15.3. The number of ether oxygens (including phenoxy) is 1. The third-order valence-corrected chi connectivity index (χ3v) is 13.1. The molecule has 0 bridgehead atoms. The molecule has 3 saturated heterocycles. The Balaban J connectivity index is 0.926. The summed E-state index contributed by atoms with van der Waals surface area (Å²) in [5.41, 5.74) is 9.65. The number of hydrogen-bond acceptors (Lipinski definition) is 10. The fourth-order valence-electron chi connectivity index (χ4n) is 10.2. The van der Waals surface area contributed by atoms with Gasteiger partial charge in [0, 0.05) is 88.9 Å². The monoisotopic (exact) mass is 743 g/mol. The highest BCUT2D eigenvalue weighted by molar-refractivity contribution is 6.18. The summed E-state index contributed by atoms with van der Waals surface area (Å²) in [6.45, 7) is 9.51. The second-order valence-corrected chi connectivity index (χ2v) is 16.5. The van der Waals surface area contributed by atoms with Crippen molar-refractivity contribution in [3.05, 3.63) is 89.7 Å². The van der Waals surface area contributed by atoms with Crippen molar-refractivity contribution in [1.82, 2.24) is 29.5 Å². The number of amides is 2. The van der Waals surface area contributed by atoms with Crippen LogP contribution in [-0.2, 0) is 38.8 Å². The lowest BCUT2D eigenvalue weighted by atomic mass is 9.90. The third kappa shape index (κ3) is 6.07. The Morgan fingerprint density at radius 2 is 1.45 bits per heavy atom. The number of anilines is 1. The number of hydrogen-bond donors (Lipinski definition) is 2. The van der Waals surface area contributed by atoms with Gasteiger partial charge >= 0.3 is 0 Å². The molecule has 55 heavy (non-hydrogen) atoms. The van der Waals surface area contributed by atoms with E-state index in [1.165, 1.54) is 11.1 Å². The van der Waals surface area contributed by atoms with Crippen molar-refractivity contribution >= 4 is 34.2 Å². The zero-order valence-corrected chi connectivity index (χ0v) is 31.3. The summed E-state index contributed by atoms with van der Waals surface area (Å²) < 4.78 is 7.49. The molecule has 2 saturated carbocycles. The first-order valence-corrected chi connectivity index (χ1v) is 20.0. The lowest BCUT2D eigenvalue weighted by Gasteiger charge is -2.35. The van der Waals surface area contributed by atoms with Crippen molar-refractivity contribution in [1.29, 1.82) is 0 Å². The van der Waals surface area contributed by atoms with Crippen LogP contribution in [0, 0.1) is 23.7 Å². The van der Waals surface area contributed by atoms with E-state index in [-0.39, 0.29) is 30.5 Å². The number of benzene rings is 2. The van der Waals surface area contributed by atoms with Crippen LogP contribution in [0.5, 0.6) is 0 Å². The van der Waals surface area contributed by atoms with Crippen molar-refractivity contribution < 1.29 is 19.2 Å². The van der Waals surface area contributed by atoms with E-state index in [0.717, 1.165) is 68.8 Å². The summed E-state index contributed by atoms with van der Waals surface area (Å²) >= 11 is 0. The zero-order chi connectivity index (χ0) is 37.3. The molecular weight excluding hydrogens is 695 g/mol. The molecule has 13 heteroatoms. The van der Waals surface area contributed by atoms with Crippen LogP contribution in [-0.4, -0.2) is 110 Å². The minimum Gasteiger partial charge on any atom is -0.381 e. The van der Waals surface area contributed by atoms with E-state index in [2.05, 4.69) is 78.8 Å². The Morgan fingerprint density at radius 3 is 2.00 bits per heavy atom. The van der Waals surface area contributed by atoms with Gasteiger partial charge in [-0.1, -0.05) is 65.8 Å². The molecule has 2 aliphatic carbocycles. The molecule has 286 valence electrons. The molecule has 2 amide bonds. The molecule has 13 nitrogen and oxygen atoms in total. The van der Waals surface area contributed by atoms with Crippen LogP contribution in [0.15, 0.2) is 78.2 Å². The molecule has 10 rings (SSSR count). The van der Waals surface area contributed by atoms with E-state index >= 15 is 4.79 Å². The molecule has 2 aromatic carbocycles. The number of piperidine rings is 2. The van der Waals surface area contributed by atoms with Gasteiger partial charge in [-0.05, 0) is 54.6 Å². The van der Waals surface area contributed by atoms with Gasteiger partial charge in [0.25, 0.3) is 17.4 Å². The van der Waals surface area contributed by atoms with Gasteiger partial charge in [-0.15, -0.1) is 0 Å². The topological polar surface area (TPSA) is 143 Å². The second kappa shape index (κ2) is 13.7. The van der Waals surface area contributed by atoms with Crippen LogP contribution in [0.3, 0.4) is 0 Å². The maximum Gasteiger partial charge on any atom is 0.297 e. The predicted molar refractivity (Wildman–Crippen MR) is 207 cm³/mol. The van der Waals surface area contributed by atoms with Crippen LogP contribution >= 0.6 is 0 Å². The third-order valence-electron chi connectivity index (χ3n) is 13.1. The molecule has 4 aromatic rings. The van der Waals surface area contributed by atoms with E-state index in [0.29, 0.717) is 54.7 Å². The molecule has 5 fully saturated rings. The Morgan fingerprint density at radius 1 is 0.873 bits per heavy atom. The lowest BCUT2D eigenvalue weighted by molar-refractivity contribution is -0.165. The van der Waals surface area contributed by atoms with Gasteiger partial charge in [-0.3, -0.25) is 19.4 Å². The molecule has 6 heterocycles. The number of primary amides is 1. The maximum absolute atomic E-state index is 15.3. The quantitative estimate of drug-likeness (QED) is 0.209. The molecule has 0 radical (unpaired) electrons. The Hall–Kier alpha value is -4.85. The fourth-order valence-corrected chi connectivity index (χ4v) is 10.2. The number of aromatic nitrogens is 3. The first-order chi connectivity index (χ1) is 26.9. The number of rotatable bonds is 12. The standard InChI is InChI=1S/C42H49N9O4/c1-2-50-39-30(19-45-50)36(46-28-13-15-54-16-14-28)29(18-44-39)35-17-42(40(43)52,55-47-35)41(53)51(37-31-22-48(23-32(31)37)20-26-9-5-3-6-10-26)38-33-24-49(25-34(33)38)21-27-11-7-4-8-12-27/h3-12,18-19,28,31-34,37-38H,2,13-17,20-25H2,1H3,(H2,43,52)(H,44,46). The highest BCUT2D eigenvalue weighted by Gasteiger charge is 2.70. The number of fused-ring (bicyclic) bond motifs is 3. The lowest BCUT2D eigenvalue weighted by Crippen LogP contribution is -2.59. The summed E-state index contributed by atoms with van der Waals surface area (Å²) in [4.78, 5) is 46.9. The van der Waals surface area contributed by atoms with Gasteiger partial charge < -0.3 is 25.5 Å². The van der Waals surface area contributed by atoms with Crippen LogP contribution in [0.25, 0.3) is 11.0 Å². The number of nitrogens with two attached hydrogens (primary N) is 1. The van der Waals surface area contributed by atoms with Crippen molar-refractivity contribution in [3.8, 4) is 0 Å². The number of carbonyl (C=O) groups excluding carboxylic acids is 2. The Bertz CT molecular complexity index is 2030. The molecule has 0 spiro atoms. The largest absolute Gasteiger partial charge is 0.381 e. The molecule has 3 N–H and O–H groups in total. The van der Waals surface area contributed by atoms with E-state index in [1.807, 2.05) is 29.9 Å². The number of nitrogens with one attached hydrogen (secondary N) is 1. The van der Waals surface area contributed by atoms with Crippen LogP contribution < -0.4 is 11.1 Å². The zero-order valence-electron chi connectivity index (χ0n) is 31.3. The van der Waals surface area contributed by atoms with E-state index in [1.54, 1.807) is 6.20 Å². The minimum atomic E-state index is -1.94. The predicted octanol–water partition coefficient (Wildman–Crippen LogP) is 3.48. The van der Waals surface area contributed by atoms with Crippen molar-refractivity contribution in [2.24, 2.45) is 34.6 Å².